The highest BCUT2D eigenvalue weighted by Crippen LogP contribution is 2.23. The average Bonchev–Trinajstić information content (AvgIpc) is 3.11. The molecule has 2 amide bonds. The summed E-state index contributed by atoms with van der Waals surface area (Å²) in [7, 11) is 0. The predicted molar refractivity (Wildman–Crippen MR) is 106 cm³/mol. The molecule has 7 heteroatoms. The van der Waals surface area contributed by atoms with Crippen LogP contribution in [0.3, 0.4) is 0 Å². The molecule has 0 spiro atoms. The summed E-state index contributed by atoms with van der Waals surface area (Å²) >= 11 is 5.85. The number of hydrogen-bond donors (Lipinski definition) is 2. The van der Waals surface area contributed by atoms with E-state index in [1.54, 1.807) is 53.4 Å². The van der Waals surface area contributed by atoms with E-state index in [9.17, 15) is 9.59 Å². The van der Waals surface area contributed by atoms with Gasteiger partial charge < -0.3 is 16.0 Å². The molecule has 0 radical (unpaired) electrons. The van der Waals surface area contributed by atoms with Gasteiger partial charge in [-0.1, -0.05) is 23.7 Å². The molecule has 1 saturated heterocycles. The van der Waals surface area contributed by atoms with Crippen molar-refractivity contribution in [3.8, 4) is 0 Å². The highest BCUT2D eigenvalue weighted by atomic mass is 35.5. The summed E-state index contributed by atoms with van der Waals surface area (Å²) in [4.78, 5) is 27.0. The van der Waals surface area contributed by atoms with E-state index >= 15 is 0 Å². The topological polar surface area (TPSA) is 75.4 Å². The molecule has 3 rings (SSSR count). The quantitative estimate of drug-likeness (QED) is 0.834. The summed E-state index contributed by atoms with van der Waals surface area (Å²) in [6, 6.07) is 13.7. The van der Waals surface area contributed by atoms with Crippen molar-refractivity contribution < 1.29 is 9.59 Å². The number of nitrogens with two attached hydrogens (primary N) is 1. The molecule has 1 fully saturated rings. The van der Waals surface area contributed by atoms with Crippen molar-refractivity contribution in [2.45, 2.75) is 6.42 Å². The SMILES string of the molecule is Cl.NCC1CCN(C(=O)c2ccccc2NC(=O)c2ccc(Cl)cc2)C1. The van der Waals surface area contributed by atoms with Crippen LogP contribution in [0.1, 0.15) is 27.1 Å². The zero-order valence-corrected chi connectivity index (χ0v) is 15.7. The Hall–Kier alpha value is -2.08. The number of para-hydroxylation sites is 1. The molecule has 0 bridgehead atoms. The maximum Gasteiger partial charge on any atom is 0.255 e. The van der Waals surface area contributed by atoms with Crippen LogP contribution in [0.25, 0.3) is 0 Å². The van der Waals surface area contributed by atoms with Crippen molar-refractivity contribution in [1.82, 2.24) is 4.90 Å². The fourth-order valence-electron chi connectivity index (χ4n) is 2.95. The van der Waals surface area contributed by atoms with Crippen molar-refractivity contribution in [3.05, 3.63) is 64.7 Å². The predicted octanol–water partition coefficient (Wildman–Crippen LogP) is 3.43. The van der Waals surface area contributed by atoms with Gasteiger partial charge in [0.15, 0.2) is 0 Å². The lowest BCUT2D eigenvalue weighted by Crippen LogP contribution is -2.30. The number of halogens is 2. The maximum atomic E-state index is 12.8. The third-order valence-corrected chi connectivity index (χ3v) is 4.67. The third-order valence-electron chi connectivity index (χ3n) is 4.42. The molecule has 1 atom stereocenters. The van der Waals surface area contributed by atoms with Gasteiger partial charge in [0.1, 0.15) is 0 Å². The van der Waals surface area contributed by atoms with Crippen LogP contribution in [-0.4, -0.2) is 36.3 Å². The van der Waals surface area contributed by atoms with Crippen LogP contribution in [0.15, 0.2) is 48.5 Å². The number of amides is 2. The van der Waals surface area contributed by atoms with Gasteiger partial charge in [-0.15, -0.1) is 12.4 Å². The summed E-state index contributed by atoms with van der Waals surface area (Å²) in [5.74, 6) is -0.0131. The first kappa shape index (κ1) is 20.2. The zero-order chi connectivity index (χ0) is 17.8. The monoisotopic (exact) mass is 393 g/mol. The van der Waals surface area contributed by atoms with Crippen LogP contribution in [0.4, 0.5) is 5.69 Å². The molecule has 3 N–H and O–H groups in total. The van der Waals surface area contributed by atoms with Gasteiger partial charge in [0.2, 0.25) is 0 Å². The minimum absolute atomic E-state index is 0. The van der Waals surface area contributed by atoms with Crippen LogP contribution < -0.4 is 11.1 Å². The number of rotatable bonds is 4. The molecular formula is C19H21Cl2N3O2. The molecule has 0 saturated carbocycles. The second-order valence-corrected chi connectivity index (χ2v) is 6.58. The van der Waals surface area contributed by atoms with E-state index < -0.39 is 0 Å². The normalized spacial score (nSPS) is 16.1. The molecule has 1 aliphatic rings. The fourth-order valence-corrected chi connectivity index (χ4v) is 3.08. The van der Waals surface area contributed by atoms with Gasteiger partial charge in [-0.05, 0) is 55.3 Å². The van der Waals surface area contributed by atoms with E-state index in [1.165, 1.54) is 0 Å². The Morgan fingerprint density at radius 1 is 1.15 bits per heavy atom. The van der Waals surface area contributed by atoms with Gasteiger partial charge in [-0.25, -0.2) is 0 Å². The van der Waals surface area contributed by atoms with E-state index in [2.05, 4.69) is 5.32 Å². The number of likely N-dealkylation sites (tertiary alicyclic amines) is 1. The summed E-state index contributed by atoms with van der Waals surface area (Å²) in [6.07, 6.45) is 0.918. The Labute approximate surface area is 163 Å². The minimum atomic E-state index is -0.279. The Morgan fingerprint density at radius 3 is 2.50 bits per heavy atom. The second-order valence-electron chi connectivity index (χ2n) is 6.15. The lowest BCUT2D eigenvalue weighted by Gasteiger charge is -2.18. The Kier molecular flexibility index (Phi) is 7.03. The molecule has 2 aromatic carbocycles. The molecule has 1 aliphatic heterocycles. The third kappa shape index (κ3) is 4.55. The van der Waals surface area contributed by atoms with Gasteiger partial charge in [-0.3, -0.25) is 9.59 Å². The first-order valence-electron chi connectivity index (χ1n) is 8.24. The Bertz CT molecular complexity index is 781. The Balaban J connectivity index is 0.00000243. The number of nitrogens with zero attached hydrogens (tertiary/aromatic N) is 1. The standard InChI is InChI=1S/C19H20ClN3O2.ClH/c20-15-7-5-14(6-8-15)18(24)22-17-4-2-1-3-16(17)19(25)23-10-9-13(11-21)12-23;/h1-8,13H,9-12,21H2,(H,22,24);1H. The van der Waals surface area contributed by atoms with Gasteiger partial charge >= 0.3 is 0 Å². The molecule has 2 aromatic rings. The lowest BCUT2D eigenvalue weighted by atomic mass is 10.1. The summed E-state index contributed by atoms with van der Waals surface area (Å²) in [5.41, 5.74) is 7.18. The first-order valence-corrected chi connectivity index (χ1v) is 8.61. The average molecular weight is 394 g/mol. The van der Waals surface area contributed by atoms with Crippen molar-refractivity contribution in [2.24, 2.45) is 11.7 Å². The molecule has 138 valence electrons. The molecule has 1 unspecified atom stereocenters. The van der Waals surface area contributed by atoms with Crippen molar-refractivity contribution in [1.29, 1.82) is 0 Å². The van der Waals surface area contributed by atoms with Crippen molar-refractivity contribution in [3.63, 3.8) is 0 Å². The van der Waals surface area contributed by atoms with Crippen molar-refractivity contribution >= 4 is 41.5 Å². The van der Waals surface area contributed by atoms with Gasteiger partial charge in [-0.2, -0.15) is 0 Å². The van der Waals surface area contributed by atoms with Crippen molar-refractivity contribution in [2.75, 3.05) is 25.0 Å². The first-order chi connectivity index (χ1) is 12.1. The largest absolute Gasteiger partial charge is 0.338 e. The minimum Gasteiger partial charge on any atom is -0.338 e. The second kappa shape index (κ2) is 9.03. The van der Waals surface area contributed by atoms with Gasteiger partial charge in [0.25, 0.3) is 11.8 Å². The fraction of sp³-hybridized carbons (Fsp3) is 0.263. The Morgan fingerprint density at radius 2 is 1.85 bits per heavy atom. The summed E-state index contributed by atoms with van der Waals surface area (Å²) in [5, 5.41) is 3.39. The van der Waals surface area contributed by atoms with Gasteiger partial charge in [0, 0.05) is 23.7 Å². The van der Waals surface area contributed by atoms with E-state index in [-0.39, 0.29) is 24.2 Å². The number of nitrogens with one attached hydrogen (secondary N) is 1. The van der Waals surface area contributed by atoms with Crippen LogP contribution >= 0.6 is 24.0 Å². The smallest absolute Gasteiger partial charge is 0.255 e. The summed E-state index contributed by atoms with van der Waals surface area (Å²) < 4.78 is 0. The number of benzene rings is 2. The molecule has 0 aromatic heterocycles. The maximum absolute atomic E-state index is 12.8. The van der Waals surface area contributed by atoms with E-state index in [0.29, 0.717) is 47.4 Å². The molecule has 0 aliphatic carbocycles. The number of carbonyl (C=O) groups is 2. The zero-order valence-electron chi connectivity index (χ0n) is 14.2. The van der Waals surface area contributed by atoms with Crippen LogP contribution in [0.5, 0.6) is 0 Å². The van der Waals surface area contributed by atoms with Gasteiger partial charge in [0.05, 0.1) is 11.3 Å². The number of anilines is 1. The molecular weight excluding hydrogens is 373 g/mol. The molecule has 1 heterocycles. The highest BCUT2D eigenvalue weighted by Gasteiger charge is 2.27. The van der Waals surface area contributed by atoms with E-state index in [4.69, 9.17) is 17.3 Å². The lowest BCUT2D eigenvalue weighted by molar-refractivity contribution is 0.0788. The summed E-state index contributed by atoms with van der Waals surface area (Å²) in [6.45, 7) is 1.94. The number of carbonyl (C=O) groups excluding carboxylic acids is 2. The number of hydrogen-bond acceptors (Lipinski definition) is 3. The molecule has 26 heavy (non-hydrogen) atoms. The van der Waals surface area contributed by atoms with Crippen LogP contribution in [0, 0.1) is 5.92 Å². The van der Waals surface area contributed by atoms with E-state index in [1.807, 2.05) is 0 Å². The highest BCUT2D eigenvalue weighted by molar-refractivity contribution is 6.30. The van der Waals surface area contributed by atoms with Crippen LogP contribution in [0.2, 0.25) is 5.02 Å². The van der Waals surface area contributed by atoms with Crippen LogP contribution in [-0.2, 0) is 0 Å². The molecule has 5 nitrogen and oxygen atoms in total. The van der Waals surface area contributed by atoms with E-state index in [0.717, 1.165) is 6.42 Å².